The fourth-order valence-electron chi connectivity index (χ4n) is 3.09. The van der Waals surface area contributed by atoms with Crippen molar-refractivity contribution in [3.8, 4) is 0 Å². The van der Waals surface area contributed by atoms with Crippen LogP contribution in [0.2, 0.25) is 0 Å². The van der Waals surface area contributed by atoms with Crippen molar-refractivity contribution in [2.24, 2.45) is 0 Å². The Labute approximate surface area is 219 Å². The molecule has 3 N–H and O–H groups in total. The van der Waals surface area contributed by atoms with Crippen LogP contribution >= 0.6 is 0 Å². The monoisotopic (exact) mass is 529 g/mol. The molecule has 1 aromatic heterocycles. The third kappa shape index (κ3) is 11.1. The number of nitrogens with one attached hydrogen (secondary N) is 1. The molecule has 13 heteroatoms. The Balaban J connectivity index is 0. The fourth-order valence-corrected chi connectivity index (χ4v) is 3.09. The van der Waals surface area contributed by atoms with E-state index in [2.05, 4.69) is 24.0 Å². The quantitative estimate of drug-likeness (QED) is 0.262. The van der Waals surface area contributed by atoms with Gasteiger partial charge in [0.15, 0.2) is 0 Å². The van der Waals surface area contributed by atoms with Crippen molar-refractivity contribution in [2.45, 2.75) is 34.1 Å². The first-order valence-corrected chi connectivity index (χ1v) is 10.6. The van der Waals surface area contributed by atoms with Crippen LogP contribution in [0.25, 0.3) is 17.0 Å². The van der Waals surface area contributed by atoms with Gasteiger partial charge in [0.05, 0.1) is 21.5 Å². The summed E-state index contributed by atoms with van der Waals surface area (Å²) in [4.78, 5) is 58.0. The molecule has 0 unspecified atom stereocenters. The highest BCUT2D eigenvalue weighted by atomic mass is 16.6. The number of benzene rings is 2. The third-order valence-corrected chi connectivity index (χ3v) is 4.75. The number of nitrogens with zero attached hydrogens (tertiary/aromatic N) is 3. The Kier molecular flexibility index (Phi) is 16.8. The van der Waals surface area contributed by atoms with Crippen LogP contribution in [0.15, 0.2) is 42.7 Å². The number of aromatic amines is 1. The van der Waals surface area contributed by atoms with Crippen molar-refractivity contribution in [3.63, 3.8) is 0 Å². The molecular formula is C25H31N5O8. The molecule has 0 bridgehead atoms. The van der Waals surface area contributed by atoms with Crippen molar-refractivity contribution in [1.29, 1.82) is 0 Å². The standard InChI is InChI=1S/C12H15N3O4.C10H12N2.2CO2.CH4/c1-4-9-7-10(5-6-13(2)3)12(15(18)19)8-11(9)14(16)17;1-2-7-5-8-3-4-12-10(8)6-9(7)11;2*2-1-3;/h5-8H,4H2,1-3H3;3-6,12H,2,11H2,1H3;;;1H4/b6-5+;;;;. The number of anilines is 1. The van der Waals surface area contributed by atoms with Gasteiger partial charge in [0.2, 0.25) is 0 Å². The van der Waals surface area contributed by atoms with Crippen molar-refractivity contribution in [2.75, 3.05) is 19.8 Å². The largest absolute Gasteiger partial charge is 0.398 e. The molecule has 2 aromatic carbocycles. The summed E-state index contributed by atoms with van der Waals surface area (Å²) >= 11 is 0. The second kappa shape index (κ2) is 18.2. The molecule has 3 rings (SSSR count). The summed E-state index contributed by atoms with van der Waals surface area (Å²) in [5.41, 5.74) is 9.43. The second-order valence-electron chi connectivity index (χ2n) is 7.32. The molecule has 0 aliphatic heterocycles. The number of aromatic nitrogens is 1. The molecule has 0 amide bonds. The predicted molar refractivity (Wildman–Crippen MR) is 141 cm³/mol. The summed E-state index contributed by atoms with van der Waals surface area (Å²) in [5, 5.41) is 23.1. The Morgan fingerprint density at radius 3 is 1.89 bits per heavy atom. The van der Waals surface area contributed by atoms with Gasteiger partial charge >= 0.3 is 12.3 Å². The van der Waals surface area contributed by atoms with Gasteiger partial charge in [-0.3, -0.25) is 20.2 Å². The van der Waals surface area contributed by atoms with Gasteiger partial charge in [-0.15, -0.1) is 0 Å². The van der Waals surface area contributed by atoms with Gasteiger partial charge in [0.1, 0.15) is 0 Å². The highest BCUT2D eigenvalue weighted by Gasteiger charge is 2.22. The molecule has 204 valence electrons. The molecule has 0 fully saturated rings. The molecule has 0 saturated carbocycles. The van der Waals surface area contributed by atoms with Crippen LogP contribution in [0.5, 0.6) is 0 Å². The van der Waals surface area contributed by atoms with E-state index in [0.29, 0.717) is 17.5 Å². The lowest BCUT2D eigenvalue weighted by Gasteiger charge is -2.06. The van der Waals surface area contributed by atoms with Crippen molar-refractivity contribution in [1.82, 2.24) is 9.88 Å². The molecule has 0 aliphatic rings. The second-order valence-corrected chi connectivity index (χ2v) is 7.32. The molecule has 0 atom stereocenters. The maximum atomic E-state index is 11.0. The van der Waals surface area contributed by atoms with Crippen LogP contribution in [0, 0.1) is 20.2 Å². The van der Waals surface area contributed by atoms with Gasteiger partial charge in [-0.05, 0) is 60.3 Å². The van der Waals surface area contributed by atoms with Gasteiger partial charge in [-0.1, -0.05) is 21.3 Å². The van der Waals surface area contributed by atoms with Gasteiger partial charge < -0.3 is 15.6 Å². The summed E-state index contributed by atoms with van der Waals surface area (Å²) in [6, 6.07) is 8.72. The Morgan fingerprint density at radius 1 is 0.921 bits per heavy atom. The lowest BCUT2D eigenvalue weighted by Crippen LogP contribution is -2.02. The number of carbonyl (C=O) groups excluding carboxylic acids is 4. The van der Waals surface area contributed by atoms with Crippen molar-refractivity contribution in [3.05, 3.63) is 79.6 Å². The normalized spacial score (nSPS) is 9.16. The maximum Gasteiger partial charge on any atom is 0.373 e. The lowest BCUT2D eigenvalue weighted by molar-refractivity contribution is -0.394. The molecule has 0 spiro atoms. The van der Waals surface area contributed by atoms with Crippen molar-refractivity contribution < 1.29 is 29.0 Å². The number of hydrogen-bond acceptors (Lipinski definition) is 10. The van der Waals surface area contributed by atoms with Gasteiger partial charge in [0, 0.05) is 37.1 Å². The molecular weight excluding hydrogens is 498 g/mol. The first kappa shape index (κ1) is 35.0. The minimum Gasteiger partial charge on any atom is -0.398 e. The number of nitrogens with two attached hydrogens (primary N) is 1. The number of aryl methyl sites for hydroxylation is 2. The minimum atomic E-state index is -0.609. The SMILES string of the molecule is C.CCc1cc(/C=C/N(C)C)c([N+](=O)[O-])cc1[N+](=O)[O-].CCc1cc2cc[nH]c2cc1N.O=C=O.O=C=O. The average molecular weight is 530 g/mol. The number of fused-ring (bicyclic) bond motifs is 1. The summed E-state index contributed by atoms with van der Waals surface area (Å²) in [6.45, 7) is 3.89. The zero-order valence-corrected chi connectivity index (χ0v) is 20.7. The van der Waals surface area contributed by atoms with E-state index in [1.54, 1.807) is 38.2 Å². The van der Waals surface area contributed by atoms with Crippen LogP contribution < -0.4 is 5.73 Å². The molecule has 0 radical (unpaired) electrons. The minimum absolute atomic E-state index is 0. The highest BCUT2D eigenvalue weighted by molar-refractivity contribution is 5.84. The Morgan fingerprint density at radius 2 is 1.45 bits per heavy atom. The van der Waals surface area contributed by atoms with Gasteiger partial charge in [-0.25, -0.2) is 0 Å². The molecule has 13 nitrogen and oxygen atoms in total. The van der Waals surface area contributed by atoms with Crippen molar-refractivity contribution >= 4 is 46.3 Å². The van der Waals surface area contributed by atoms with Gasteiger partial charge in [-0.2, -0.15) is 19.2 Å². The molecule has 1 heterocycles. The zero-order valence-electron chi connectivity index (χ0n) is 20.7. The summed E-state index contributed by atoms with van der Waals surface area (Å²) < 4.78 is 0. The average Bonchev–Trinajstić information content (AvgIpc) is 3.29. The number of hydrogen-bond donors (Lipinski definition) is 2. The van der Waals surface area contributed by atoms with Crippen LogP contribution in [0.4, 0.5) is 17.1 Å². The first-order chi connectivity index (χ1) is 17.5. The lowest BCUT2D eigenvalue weighted by atomic mass is 10.0. The molecule has 3 aromatic rings. The molecule has 38 heavy (non-hydrogen) atoms. The molecule has 0 saturated heterocycles. The first-order valence-electron chi connectivity index (χ1n) is 10.6. The number of nitro benzene ring substituents is 2. The number of nitro groups is 2. The van der Waals surface area contributed by atoms with Crippen LogP contribution in [-0.4, -0.2) is 46.1 Å². The number of H-pyrrole nitrogens is 1. The Bertz CT molecular complexity index is 1290. The van der Waals surface area contributed by atoms with E-state index in [4.69, 9.17) is 24.9 Å². The van der Waals surface area contributed by atoms with Crippen LogP contribution in [0.3, 0.4) is 0 Å². The third-order valence-electron chi connectivity index (χ3n) is 4.75. The van der Waals surface area contributed by atoms with E-state index < -0.39 is 9.85 Å². The van der Waals surface area contributed by atoms with E-state index in [1.165, 1.54) is 17.0 Å². The summed E-state index contributed by atoms with van der Waals surface area (Å²) in [5.74, 6) is 0. The van der Waals surface area contributed by atoms with E-state index in [-0.39, 0.29) is 31.1 Å². The Hall–Kier alpha value is -5.12. The highest BCUT2D eigenvalue weighted by Crippen LogP contribution is 2.30. The van der Waals surface area contributed by atoms with E-state index in [1.807, 2.05) is 12.3 Å². The zero-order chi connectivity index (χ0) is 28.5. The fraction of sp³-hybridized carbons (Fsp3) is 0.280. The van der Waals surface area contributed by atoms with E-state index >= 15 is 0 Å². The topological polar surface area (TPSA) is 200 Å². The van der Waals surface area contributed by atoms with E-state index in [9.17, 15) is 20.2 Å². The number of rotatable bonds is 6. The van der Waals surface area contributed by atoms with Crippen LogP contribution in [-0.2, 0) is 32.0 Å². The molecule has 0 aliphatic carbocycles. The maximum absolute atomic E-state index is 11.0. The van der Waals surface area contributed by atoms with E-state index in [0.717, 1.165) is 23.7 Å². The van der Waals surface area contributed by atoms with Gasteiger partial charge in [0.25, 0.3) is 11.4 Å². The summed E-state index contributed by atoms with van der Waals surface area (Å²) in [7, 11) is 3.57. The number of nitrogen functional groups attached to an aromatic ring is 1. The van der Waals surface area contributed by atoms with Crippen LogP contribution in [0.1, 0.15) is 38.0 Å². The smallest absolute Gasteiger partial charge is 0.373 e. The predicted octanol–water partition coefficient (Wildman–Crippen LogP) is 4.38. The summed E-state index contributed by atoms with van der Waals surface area (Å²) in [6.07, 6.45) is 7.10.